The van der Waals surface area contributed by atoms with Crippen LogP contribution in [0.5, 0.6) is 0 Å². The van der Waals surface area contributed by atoms with Crippen LogP contribution in [0, 0.1) is 0 Å². The maximum Gasteiger partial charge on any atom is 0.151 e. The van der Waals surface area contributed by atoms with E-state index in [1.807, 2.05) is 30.3 Å². The van der Waals surface area contributed by atoms with E-state index >= 15 is 0 Å². The molecule has 0 aromatic heterocycles. The fourth-order valence-electron chi connectivity index (χ4n) is 1.50. The number of aliphatic hydroxyl groups excluding tert-OH is 2. The molecule has 3 nitrogen and oxygen atoms in total. The molecule has 1 aliphatic heterocycles. The fraction of sp³-hybridized carbons (Fsp3) is 0.273. The maximum atomic E-state index is 9.66. The van der Waals surface area contributed by atoms with Crippen molar-refractivity contribution < 1.29 is 14.9 Å². The molecule has 0 amide bonds. The fourth-order valence-corrected chi connectivity index (χ4v) is 1.50. The van der Waals surface area contributed by atoms with Crippen LogP contribution in [0.2, 0.25) is 0 Å². The first-order valence-electron chi connectivity index (χ1n) is 4.52. The van der Waals surface area contributed by atoms with E-state index in [9.17, 15) is 10.2 Å². The first-order chi connectivity index (χ1) is 6.79. The average molecular weight is 192 g/mol. The first kappa shape index (κ1) is 9.24. The molecule has 0 saturated heterocycles. The molecule has 1 aliphatic rings. The van der Waals surface area contributed by atoms with E-state index in [4.69, 9.17) is 4.74 Å². The van der Waals surface area contributed by atoms with Crippen molar-refractivity contribution in [2.45, 2.75) is 18.3 Å². The maximum absolute atomic E-state index is 9.66. The summed E-state index contributed by atoms with van der Waals surface area (Å²) >= 11 is 0. The summed E-state index contributed by atoms with van der Waals surface area (Å²) in [5, 5.41) is 19.1. The number of hydrogen-bond acceptors (Lipinski definition) is 3. The molecule has 1 heterocycles. The summed E-state index contributed by atoms with van der Waals surface area (Å²) in [4.78, 5) is 0. The van der Waals surface area contributed by atoms with Gasteiger partial charge in [0.25, 0.3) is 0 Å². The van der Waals surface area contributed by atoms with Crippen LogP contribution in [0.1, 0.15) is 11.7 Å². The van der Waals surface area contributed by atoms with Crippen LogP contribution in [0.15, 0.2) is 42.7 Å². The minimum absolute atomic E-state index is 0.476. The average Bonchev–Trinajstić information content (AvgIpc) is 2.23. The molecule has 0 bridgehead atoms. The summed E-state index contributed by atoms with van der Waals surface area (Å²) in [5.74, 6) is 0. The van der Waals surface area contributed by atoms with Crippen molar-refractivity contribution >= 4 is 0 Å². The van der Waals surface area contributed by atoms with Crippen LogP contribution in [0.3, 0.4) is 0 Å². The Kier molecular flexibility index (Phi) is 2.52. The van der Waals surface area contributed by atoms with E-state index in [-0.39, 0.29) is 0 Å². The van der Waals surface area contributed by atoms with Gasteiger partial charge in [0.2, 0.25) is 0 Å². The molecule has 1 aromatic rings. The van der Waals surface area contributed by atoms with E-state index in [0.29, 0.717) is 0 Å². The van der Waals surface area contributed by atoms with Crippen molar-refractivity contribution in [2.75, 3.05) is 0 Å². The van der Waals surface area contributed by atoms with Gasteiger partial charge in [-0.05, 0) is 11.6 Å². The highest BCUT2D eigenvalue weighted by Gasteiger charge is 2.29. The third-order valence-electron chi connectivity index (χ3n) is 2.29. The van der Waals surface area contributed by atoms with Gasteiger partial charge in [0.15, 0.2) is 6.10 Å². The van der Waals surface area contributed by atoms with Gasteiger partial charge in [-0.3, -0.25) is 0 Å². The molecule has 2 rings (SSSR count). The Morgan fingerprint density at radius 3 is 2.50 bits per heavy atom. The smallest absolute Gasteiger partial charge is 0.151 e. The van der Waals surface area contributed by atoms with Gasteiger partial charge in [-0.15, -0.1) is 0 Å². The zero-order chi connectivity index (χ0) is 9.97. The van der Waals surface area contributed by atoms with Gasteiger partial charge in [-0.1, -0.05) is 30.3 Å². The standard InChI is InChI=1S/C11H12O3/c12-9-6-7-14-11(10(9)13)8-4-2-1-3-5-8/h1-7,9-13H/t9-,10-,11-/m0/s1. The molecule has 3 heteroatoms. The zero-order valence-electron chi connectivity index (χ0n) is 7.58. The van der Waals surface area contributed by atoms with Crippen LogP contribution in [0.4, 0.5) is 0 Å². The molecular weight excluding hydrogens is 180 g/mol. The summed E-state index contributed by atoms with van der Waals surface area (Å²) in [5.41, 5.74) is 0.864. The van der Waals surface area contributed by atoms with Crippen LogP contribution >= 0.6 is 0 Å². The molecule has 0 saturated carbocycles. The zero-order valence-corrected chi connectivity index (χ0v) is 7.58. The second-order valence-electron chi connectivity index (χ2n) is 3.28. The SMILES string of the molecule is O[C@H]1[C@@H](O)C=CO[C@H]1c1ccccc1. The monoisotopic (exact) mass is 192 g/mol. The second kappa shape index (κ2) is 3.82. The van der Waals surface area contributed by atoms with E-state index in [0.717, 1.165) is 5.56 Å². The Hall–Kier alpha value is -1.32. The highest BCUT2D eigenvalue weighted by atomic mass is 16.5. The molecule has 74 valence electrons. The van der Waals surface area contributed by atoms with Crippen LogP contribution in [0.25, 0.3) is 0 Å². The van der Waals surface area contributed by atoms with E-state index in [1.165, 1.54) is 12.3 Å². The normalized spacial score (nSPS) is 31.1. The molecule has 14 heavy (non-hydrogen) atoms. The van der Waals surface area contributed by atoms with Gasteiger partial charge in [0, 0.05) is 0 Å². The van der Waals surface area contributed by atoms with E-state index in [2.05, 4.69) is 0 Å². The lowest BCUT2D eigenvalue weighted by Gasteiger charge is -2.28. The molecule has 0 fully saturated rings. The number of hydrogen-bond donors (Lipinski definition) is 2. The summed E-state index contributed by atoms with van der Waals surface area (Å²) in [6.07, 6.45) is 0.631. The predicted molar refractivity (Wildman–Crippen MR) is 51.4 cm³/mol. The van der Waals surface area contributed by atoms with E-state index in [1.54, 1.807) is 0 Å². The van der Waals surface area contributed by atoms with Gasteiger partial charge in [-0.25, -0.2) is 0 Å². The lowest BCUT2D eigenvalue weighted by Crippen LogP contribution is -2.34. The molecular formula is C11H12O3. The minimum atomic E-state index is -0.901. The third-order valence-corrected chi connectivity index (χ3v) is 2.29. The Morgan fingerprint density at radius 2 is 1.79 bits per heavy atom. The number of ether oxygens (including phenoxy) is 1. The quantitative estimate of drug-likeness (QED) is 0.697. The largest absolute Gasteiger partial charge is 0.491 e. The molecule has 0 unspecified atom stereocenters. The lowest BCUT2D eigenvalue weighted by molar-refractivity contribution is -0.0643. The number of benzene rings is 1. The van der Waals surface area contributed by atoms with Gasteiger partial charge in [0.05, 0.1) is 6.26 Å². The highest BCUT2D eigenvalue weighted by molar-refractivity contribution is 5.20. The topological polar surface area (TPSA) is 49.7 Å². The number of aliphatic hydroxyl groups is 2. The highest BCUT2D eigenvalue weighted by Crippen LogP contribution is 2.26. The predicted octanol–water partition coefficient (Wildman–Crippen LogP) is 0.993. The summed E-state index contributed by atoms with van der Waals surface area (Å²) < 4.78 is 5.26. The first-order valence-corrected chi connectivity index (χ1v) is 4.52. The summed E-state index contributed by atoms with van der Waals surface area (Å²) in [6, 6.07) is 9.36. The summed E-state index contributed by atoms with van der Waals surface area (Å²) in [7, 11) is 0. The molecule has 3 atom stereocenters. The van der Waals surface area contributed by atoms with Crippen molar-refractivity contribution in [2.24, 2.45) is 0 Å². The number of rotatable bonds is 1. The molecule has 0 radical (unpaired) electrons. The molecule has 2 N–H and O–H groups in total. The van der Waals surface area contributed by atoms with Crippen LogP contribution in [-0.2, 0) is 4.74 Å². The van der Waals surface area contributed by atoms with Crippen molar-refractivity contribution in [3.05, 3.63) is 48.2 Å². The van der Waals surface area contributed by atoms with Crippen molar-refractivity contribution in [3.8, 4) is 0 Å². The Labute approximate surface area is 82.3 Å². The second-order valence-corrected chi connectivity index (χ2v) is 3.28. The molecule has 1 aromatic carbocycles. The Balaban J connectivity index is 2.23. The minimum Gasteiger partial charge on any atom is -0.491 e. The van der Waals surface area contributed by atoms with Crippen molar-refractivity contribution in [1.82, 2.24) is 0 Å². The third kappa shape index (κ3) is 1.64. The van der Waals surface area contributed by atoms with Gasteiger partial charge < -0.3 is 14.9 Å². The lowest BCUT2D eigenvalue weighted by atomic mass is 9.99. The Morgan fingerprint density at radius 1 is 1.07 bits per heavy atom. The van der Waals surface area contributed by atoms with Gasteiger partial charge in [0.1, 0.15) is 12.2 Å². The molecule has 0 spiro atoms. The summed E-state index contributed by atoms with van der Waals surface area (Å²) in [6.45, 7) is 0. The van der Waals surface area contributed by atoms with Crippen molar-refractivity contribution in [3.63, 3.8) is 0 Å². The van der Waals surface area contributed by atoms with Gasteiger partial charge >= 0.3 is 0 Å². The van der Waals surface area contributed by atoms with Gasteiger partial charge in [-0.2, -0.15) is 0 Å². The van der Waals surface area contributed by atoms with E-state index < -0.39 is 18.3 Å². The molecule has 0 aliphatic carbocycles. The Bertz CT molecular complexity index is 321. The van der Waals surface area contributed by atoms with Crippen molar-refractivity contribution in [1.29, 1.82) is 0 Å². The van der Waals surface area contributed by atoms with Crippen LogP contribution < -0.4 is 0 Å². The van der Waals surface area contributed by atoms with Crippen LogP contribution in [-0.4, -0.2) is 22.4 Å².